The lowest BCUT2D eigenvalue weighted by Crippen LogP contribution is -2.17. The first kappa shape index (κ1) is 13.2. The van der Waals surface area contributed by atoms with Crippen LogP contribution >= 0.6 is 15.9 Å². The molecule has 2 rings (SSSR count). The zero-order valence-electron chi connectivity index (χ0n) is 9.98. The minimum atomic E-state index is -0.358. The van der Waals surface area contributed by atoms with Crippen molar-refractivity contribution < 1.29 is 4.39 Å². The third-order valence-electron chi connectivity index (χ3n) is 2.70. The van der Waals surface area contributed by atoms with Crippen LogP contribution in [0.1, 0.15) is 30.6 Å². The highest BCUT2D eigenvalue weighted by Gasteiger charge is 2.15. The molecule has 6 heteroatoms. The highest BCUT2D eigenvalue weighted by atomic mass is 79.9. The Bertz CT molecular complexity index is 541. The molecule has 1 aromatic carbocycles. The van der Waals surface area contributed by atoms with Gasteiger partial charge < -0.3 is 5.73 Å². The number of aryl methyl sites for hydroxylation is 1. The summed E-state index contributed by atoms with van der Waals surface area (Å²) in [4.78, 5) is 0. The Morgan fingerprint density at radius 2 is 2.28 bits per heavy atom. The third-order valence-corrected chi connectivity index (χ3v) is 3.31. The van der Waals surface area contributed by atoms with Crippen LogP contribution in [0.2, 0.25) is 0 Å². The standard InChI is InChI=1S/C12H14BrFN4/c1-2-5-18-11(7-16-17-18)12(15)8-3-4-10(14)9(13)6-8/h3-4,6-7,12H,2,5,15H2,1H3. The molecule has 1 aromatic heterocycles. The van der Waals surface area contributed by atoms with Gasteiger partial charge in [-0.2, -0.15) is 0 Å². The van der Waals surface area contributed by atoms with Crippen molar-refractivity contribution >= 4 is 15.9 Å². The van der Waals surface area contributed by atoms with Crippen molar-refractivity contribution in [2.75, 3.05) is 0 Å². The van der Waals surface area contributed by atoms with Crippen molar-refractivity contribution in [3.05, 3.63) is 45.9 Å². The zero-order valence-corrected chi connectivity index (χ0v) is 11.6. The summed E-state index contributed by atoms with van der Waals surface area (Å²) < 4.78 is 15.4. The van der Waals surface area contributed by atoms with E-state index in [1.54, 1.807) is 23.0 Å². The van der Waals surface area contributed by atoms with Crippen molar-refractivity contribution in [2.45, 2.75) is 25.9 Å². The molecule has 1 atom stereocenters. The molecule has 0 radical (unpaired) electrons. The van der Waals surface area contributed by atoms with Gasteiger partial charge in [0.25, 0.3) is 0 Å². The molecule has 0 aliphatic carbocycles. The maximum absolute atomic E-state index is 13.2. The molecule has 1 heterocycles. The molecule has 4 nitrogen and oxygen atoms in total. The minimum Gasteiger partial charge on any atom is -0.319 e. The van der Waals surface area contributed by atoms with Crippen LogP contribution in [0.5, 0.6) is 0 Å². The number of aromatic nitrogens is 3. The van der Waals surface area contributed by atoms with Crippen LogP contribution in [0.4, 0.5) is 4.39 Å². The third kappa shape index (κ3) is 2.59. The average molecular weight is 313 g/mol. The van der Waals surface area contributed by atoms with Gasteiger partial charge in [-0.15, -0.1) is 5.10 Å². The second kappa shape index (κ2) is 5.58. The summed E-state index contributed by atoms with van der Waals surface area (Å²) in [6.07, 6.45) is 2.60. The van der Waals surface area contributed by atoms with E-state index in [9.17, 15) is 4.39 Å². The van der Waals surface area contributed by atoms with Gasteiger partial charge in [0.15, 0.2) is 0 Å². The van der Waals surface area contributed by atoms with E-state index < -0.39 is 0 Å². The fraction of sp³-hybridized carbons (Fsp3) is 0.333. The van der Waals surface area contributed by atoms with Gasteiger partial charge >= 0.3 is 0 Å². The molecule has 2 N–H and O–H groups in total. The number of hydrogen-bond acceptors (Lipinski definition) is 3. The summed E-state index contributed by atoms with van der Waals surface area (Å²) in [5.41, 5.74) is 7.82. The second-order valence-electron chi connectivity index (χ2n) is 4.03. The number of nitrogens with two attached hydrogens (primary N) is 1. The average Bonchev–Trinajstić information content (AvgIpc) is 2.80. The lowest BCUT2D eigenvalue weighted by Gasteiger charge is -2.13. The summed E-state index contributed by atoms with van der Waals surface area (Å²) in [6, 6.07) is 4.40. The van der Waals surface area contributed by atoms with Crippen LogP contribution in [0, 0.1) is 5.82 Å². The number of nitrogens with zero attached hydrogens (tertiary/aromatic N) is 3. The molecule has 0 aliphatic rings. The first-order valence-corrected chi connectivity index (χ1v) is 6.51. The first-order valence-electron chi connectivity index (χ1n) is 5.72. The molecule has 96 valence electrons. The van der Waals surface area contributed by atoms with E-state index in [1.807, 2.05) is 0 Å². The van der Waals surface area contributed by atoms with Gasteiger partial charge in [-0.25, -0.2) is 9.07 Å². The van der Waals surface area contributed by atoms with Gasteiger partial charge in [0.05, 0.1) is 22.4 Å². The van der Waals surface area contributed by atoms with E-state index in [-0.39, 0.29) is 11.9 Å². The second-order valence-corrected chi connectivity index (χ2v) is 4.89. The smallest absolute Gasteiger partial charge is 0.137 e. The molecule has 2 aromatic rings. The Morgan fingerprint density at radius 3 is 2.94 bits per heavy atom. The van der Waals surface area contributed by atoms with E-state index in [0.717, 1.165) is 24.2 Å². The summed E-state index contributed by atoms with van der Waals surface area (Å²) in [5.74, 6) is -0.300. The lowest BCUT2D eigenvalue weighted by atomic mass is 10.1. The molecule has 0 aliphatic heterocycles. The predicted octanol–water partition coefficient (Wildman–Crippen LogP) is 2.64. The van der Waals surface area contributed by atoms with Crippen molar-refractivity contribution in [1.29, 1.82) is 0 Å². The van der Waals surface area contributed by atoms with Crippen LogP contribution in [-0.2, 0) is 6.54 Å². The molecule has 0 spiro atoms. The van der Waals surface area contributed by atoms with Crippen molar-refractivity contribution in [2.24, 2.45) is 5.73 Å². The van der Waals surface area contributed by atoms with Gasteiger partial charge in [0.1, 0.15) is 5.82 Å². The van der Waals surface area contributed by atoms with Crippen LogP contribution in [-0.4, -0.2) is 15.0 Å². The van der Waals surface area contributed by atoms with Crippen molar-refractivity contribution in [1.82, 2.24) is 15.0 Å². The van der Waals surface area contributed by atoms with Crippen molar-refractivity contribution in [3.63, 3.8) is 0 Å². The van der Waals surface area contributed by atoms with Gasteiger partial charge in [0.2, 0.25) is 0 Å². The summed E-state index contributed by atoms with van der Waals surface area (Å²) >= 11 is 3.16. The molecule has 0 saturated carbocycles. The predicted molar refractivity (Wildman–Crippen MR) is 70.4 cm³/mol. The number of hydrogen-bond donors (Lipinski definition) is 1. The molecular weight excluding hydrogens is 299 g/mol. The summed E-state index contributed by atoms with van der Waals surface area (Å²) in [5, 5.41) is 7.87. The van der Waals surface area contributed by atoms with Crippen LogP contribution in [0.25, 0.3) is 0 Å². The highest BCUT2D eigenvalue weighted by Crippen LogP contribution is 2.24. The molecule has 0 saturated heterocycles. The fourth-order valence-electron chi connectivity index (χ4n) is 1.77. The zero-order chi connectivity index (χ0) is 13.1. The van der Waals surface area contributed by atoms with E-state index in [4.69, 9.17) is 5.73 Å². The van der Waals surface area contributed by atoms with Gasteiger partial charge in [-0.1, -0.05) is 18.2 Å². The normalized spacial score (nSPS) is 12.7. The van der Waals surface area contributed by atoms with E-state index in [1.165, 1.54) is 6.07 Å². The Balaban J connectivity index is 2.32. The largest absolute Gasteiger partial charge is 0.319 e. The summed E-state index contributed by atoms with van der Waals surface area (Å²) in [7, 11) is 0. The molecule has 18 heavy (non-hydrogen) atoms. The molecular formula is C12H14BrFN4. The van der Waals surface area contributed by atoms with Crippen LogP contribution < -0.4 is 5.73 Å². The van der Waals surface area contributed by atoms with Gasteiger partial charge in [-0.05, 0) is 40.0 Å². The monoisotopic (exact) mass is 312 g/mol. The fourth-order valence-corrected chi connectivity index (χ4v) is 2.17. The SMILES string of the molecule is CCCn1nncc1C(N)c1ccc(F)c(Br)c1. The van der Waals surface area contributed by atoms with Gasteiger partial charge in [0, 0.05) is 6.54 Å². The lowest BCUT2D eigenvalue weighted by molar-refractivity contribution is 0.543. The molecule has 0 fully saturated rings. The highest BCUT2D eigenvalue weighted by molar-refractivity contribution is 9.10. The maximum Gasteiger partial charge on any atom is 0.137 e. The van der Waals surface area contributed by atoms with E-state index >= 15 is 0 Å². The first-order chi connectivity index (χ1) is 8.63. The van der Waals surface area contributed by atoms with Crippen molar-refractivity contribution in [3.8, 4) is 0 Å². The molecule has 1 unspecified atom stereocenters. The molecule has 0 amide bonds. The summed E-state index contributed by atoms with van der Waals surface area (Å²) in [6.45, 7) is 2.83. The number of rotatable bonds is 4. The Morgan fingerprint density at radius 1 is 1.50 bits per heavy atom. The quantitative estimate of drug-likeness (QED) is 0.944. The molecule has 0 bridgehead atoms. The Kier molecular flexibility index (Phi) is 4.08. The van der Waals surface area contributed by atoms with Crippen LogP contribution in [0.3, 0.4) is 0 Å². The Labute approximate surface area is 113 Å². The van der Waals surface area contributed by atoms with E-state index in [0.29, 0.717) is 4.47 Å². The van der Waals surface area contributed by atoms with E-state index in [2.05, 4.69) is 33.2 Å². The Hall–Kier alpha value is -1.27. The minimum absolute atomic E-state index is 0.300. The number of benzene rings is 1. The maximum atomic E-state index is 13.2. The van der Waals surface area contributed by atoms with Gasteiger partial charge in [-0.3, -0.25) is 0 Å². The topological polar surface area (TPSA) is 56.7 Å². The van der Waals surface area contributed by atoms with Crippen LogP contribution in [0.15, 0.2) is 28.9 Å². The number of halogens is 2.